The van der Waals surface area contributed by atoms with Crippen molar-refractivity contribution >= 4 is 55.1 Å². The van der Waals surface area contributed by atoms with Gasteiger partial charge in [0.2, 0.25) is 0 Å². The van der Waals surface area contributed by atoms with E-state index in [1.165, 1.54) is 6.20 Å². The second-order valence-corrected chi connectivity index (χ2v) is 6.04. The van der Waals surface area contributed by atoms with Crippen LogP contribution in [0.5, 0.6) is 0 Å². The molecule has 6 heteroatoms. The molecule has 0 atom stereocenters. The predicted molar refractivity (Wildman–Crippen MR) is 83.8 cm³/mol. The molecule has 0 radical (unpaired) electrons. The Hall–Kier alpha value is -0.910. The molecular formula is C13H9Br2ClN2O. The fourth-order valence-corrected chi connectivity index (χ4v) is 2.50. The van der Waals surface area contributed by atoms with Crippen molar-refractivity contribution in [3.63, 3.8) is 0 Å². The van der Waals surface area contributed by atoms with Crippen LogP contribution in [0.1, 0.15) is 15.9 Å². The molecular weight excluding hydrogens is 395 g/mol. The zero-order chi connectivity index (χ0) is 14.0. The average Bonchev–Trinajstić information content (AvgIpc) is 2.33. The number of nitrogens with zero attached hydrogens (tertiary/aromatic N) is 1. The number of pyridine rings is 1. The van der Waals surface area contributed by atoms with Crippen LogP contribution in [0.2, 0.25) is 5.15 Å². The Morgan fingerprint density at radius 1 is 1.32 bits per heavy atom. The monoisotopic (exact) mass is 402 g/mol. The zero-order valence-corrected chi connectivity index (χ0v) is 13.8. The maximum Gasteiger partial charge on any atom is 0.255 e. The molecule has 0 aliphatic carbocycles. The largest absolute Gasteiger partial charge is 0.321 e. The SMILES string of the molecule is Cc1cc(Br)ccc1C(=O)Nc1cnc(Cl)c(Br)c1. The first-order chi connectivity index (χ1) is 8.97. The standard InChI is InChI=1S/C13H9Br2ClN2O/c1-7-4-8(14)2-3-10(7)13(19)18-9-5-11(15)12(16)17-6-9/h2-6H,1H3,(H,18,19). The molecule has 0 unspecified atom stereocenters. The second-order valence-electron chi connectivity index (χ2n) is 3.91. The van der Waals surface area contributed by atoms with Gasteiger partial charge < -0.3 is 5.32 Å². The highest BCUT2D eigenvalue weighted by molar-refractivity contribution is 9.10. The first kappa shape index (κ1) is 14.5. The van der Waals surface area contributed by atoms with Gasteiger partial charge in [0.25, 0.3) is 5.91 Å². The molecule has 0 aliphatic rings. The number of benzene rings is 1. The van der Waals surface area contributed by atoms with Gasteiger partial charge in [-0.25, -0.2) is 4.98 Å². The van der Waals surface area contributed by atoms with Crippen LogP contribution in [-0.2, 0) is 0 Å². The van der Waals surface area contributed by atoms with Gasteiger partial charge in [-0.15, -0.1) is 0 Å². The normalized spacial score (nSPS) is 10.3. The summed E-state index contributed by atoms with van der Waals surface area (Å²) in [7, 11) is 0. The third kappa shape index (κ3) is 3.55. The minimum Gasteiger partial charge on any atom is -0.321 e. The Labute approximate surface area is 132 Å². The summed E-state index contributed by atoms with van der Waals surface area (Å²) in [6, 6.07) is 7.21. The van der Waals surface area contributed by atoms with Gasteiger partial charge in [0.15, 0.2) is 0 Å². The molecule has 0 spiro atoms. The molecule has 3 nitrogen and oxygen atoms in total. The number of aryl methyl sites for hydroxylation is 1. The van der Waals surface area contributed by atoms with Gasteiger partial charge in [-0.05, 0) is 52.7 Å². The van der Waals surface area contributed by atoms with Gasteiger partial charge in [0.1, 0.15) is 5.15 Å². The van der Waals surface area contributed by atoms with Crippen LogP contribution in [0.15, 0.2) is 39.4 Å². The van der Waals surface area contributed by atoms with Crippen LogP contribution in [0.3, 0.4) is 0 Å². The lowest BCUT2D eigenvalue weighted by Gasteiger charge is -2.08. The summed E-state index contributed by atoms with van der Waals surface area (Å²) in [4.78, 5) is 16.1. The van der Waals surface area contributed by atoms with Gasteiger partial charge in [0.05, 0.1) is 16.4 Å². The van der Waals surface area contributed by atoms with E-state index in [4.69, 9.17) is 11.6 Å². The summed E-state index contributed by atoms with van der Waals surface area (Å²) >= 11 is 12.4. The first-order valence-corrected chi connectivity index (χ1v) is 7.32. The van der Waals surface area contributed by atoms with E-state index in [9.17, 15) is 4.79 Å². The molecule has 0 aliphatic heterocycles. The summed E-state index contributed by atoms with van der Waals surface area (Å²) in [5.74, 6) is -0.180. The number of hydrogen-bond acceptors (Lipinski definition) is 2. The summed E-state index contributed by atoms with van der Waals surface area (Å²) in [6.07, 6.45) is 1.51. The van der Waals surface area contributed by atoms with Crippen molar-refractivity contribution in [2.24, 2.45) is 0 Å². The molecule has 98 valence electrons. The molecule has 0 saturated carbocycles. The molecule has 2 rings (SSSR count). The highest BCUT2D eigenvalue weighted by Crippen LogP contribution is 2.23. The predicted octanol–water partition coefficient (Wildman–Crippen LogP) is 4.82. The van der Waals surface area contributed by atoms with Gasteiger partial charge in [-0.2, -0.15) is 0 Å². The number of carbonyl (C=O) groups excluding carboxylic acids is 1. The molecule has 2 aromatic rings. The Kier molecular flexibility index (Phi) is 4.60. The fraction of sp³-hybridized carbons (Fsp3) is 0.0769. The van der Waals surface area contributed by atoms with E-state index < -0.39 is 0 Å². The van der Waals surface area contributed by atoms with Crippen LogP contribution in [0.25, 0.3) is 0 Å². The molecule has 1 N–H and O–H groups in total. The number of nitrogens with one attached hydrogen (secondary N) is 1. The Bertz CT molecular complexity index is 647. The lowest BCUT2D eigenvalue weighted by Crippen LogP contribution is -2.13. The molecule has 0 saturated heterocycles. The minimum absolute atomic E-state index is 0.180. The highest BCUT2D eigenvalue weighted by Gasteiger charge is 2.10. The smallest absolute Gasteiger partial charge is 0.255 e. The Morgan fingerprint density at radius 2 is 2.05 bits per heavy atom. The van der Waals surface area contributed by atoms with E-state index in [1.807, 2.05) is 19.1 Å². The molecule has 1 amide bonds. The third-order valence-corrected chi connectivity index (χ3v) is 4.11. The van der Waals surface area contributed by atoms with Crippen molar-refractivity contribution in [2.75, 3.05) is 5.32 Å². The molecule has 19 heavy (non-hydrogen) atoms. The zero-order valence-electron chi connectivity index (χ0n) is 9.88. The van der Waals surface area contributed by atoms with Crippen molar-refractivity contribution in [1.82, 2.24) is 4.98 Å². The fourth-order valence-electron chi connectivity index (χ4n) is 1.57. The number of anilines is 1. The number of rotatable bonds is 2. The van der Waals surface area contributed by atoms with Gasteiger partial charge in [0, 0.05) is 10.0 Å². The van der Waals surface area contributed by atoms with Crippen LogP contribution < -0.4 is 5.32 Å². The molecule has 1 aromatic heterocycles. The maximum absolute atomic E-state index is 12.1. The molecule has 1 aromatic carbocycles. The molecule has 0 fully saturated rings. The van der Waals surface area contributed by atoms with E-state index >= 15 is 0 Å². The van der Waals surface area contributed by atoms with Crippen molar-refractivity contribution in [3.05, 3.63) is 55.7 Å². The summed E-state index contributed by atoms with van der Waals surface area (Å²) in [5.41, 5.74) is 2.10. The summed E-state index contributed by atoms with van der Waals surface area (Å²) in [6.45, 7) is 1.88. The lowest BCUT2D eigenvalue weighted by molar-refractivity contribution is 0.102. The Balaban J connectivity index is 2.23. The van der Waals surface area contributed by atoms with Gasteiger partial charge in [-0.3, -0.25) is 4.79 Å². The molecule has 0 bridgehead atoms. The number of hydrogen-bond donors (Lipinski definition) is 1. The minimum atomic E-state index is -0.180. The van der Waals surface area contributed by atoms with Gasteiger partial charge >= 0.3 is 0 Å². The van der Waals surface area contributed by atoms with Crippen molar-refractivity contribution in [3.8, 4) is 0 Å². The first-order valence-electron chi connectivity index (χ1n) is 5.36. The molecule has 1 heterocycles. The van der Waals surface area contributed by atoms with Crippen LogP contribution in [-0.4, -0.2) is 10.9 Å². The maximum atomic E-state index is 12.1. The quantitative estimate of drug-likeness (QED) is 0.729. The van der Waals surface area contributed by atoms with Crippen molar-refractivity contribution < 1.29 is 4.79 Å². The summed E-state index contributed by atoms with van der Waals surface area (Å²) < 4.78 is 1.58. The van der Waals surface area contributed by atoms with E-state index in [2.05, 4.69) is 42.2 Å². The average molecular weight is 404 g/mol. The van der Waals surface area contributed by atoms with Crippen molar-refractivity contribution in [2.45, 2.75) is 6.92 Å². The number of amides is 1. The number of carbonyl (C=O) groups is 1. The van der Waals surface area contributed by atoms with Crippen LogP contribution in [0.4, 0.5) is 5.69 Å². The lowest BCUT2D eigenvalue weighted by atomic mass is 10.1. The van der Waals surface area contributed by atoms with E-state index in [1.54, 1.807) is 12.1 Å². The van der Waals surface area contributed by atoms with E-state index in [0.717, 1.165) is 10.0 Å². The topological polar surface area (TPSA) is 42.0 Å². The van der Waals surface area contributed by atoms with Crippen LogP contribution in [0, 0.1) is 6.92 Å². The number of halogens is 3. The third-order valence-electron chi connectivity index (χ3n) is 2.49. The number of aromatic nitrogens is 1. The Morgan fingerprint density at radius 3 is 2.68 bits per heavy atom. The van der Waals surface area contributed by atoms with Gasteiger partial charge in [-0.1, -0.05) is 27.5 Å². The second kappa shape index (κ2) is 6.03. The van der Waals surface area contributed by atoms with E-state index in [0.29, 0.717) is 20.9 Å². The highest BCUT2D eigenvalue weighted by atomic mass is 79.9. The van der Waals surface area contributed by atoms with Crippen LogP contribution >= 0.6 is 43.5 Å². The van der Waals surface area contributed by atoms with E-state index in [-0.39, 0.29) is 5.91 Å². The van der Waals surface area contributed by atoms with Crippen molar-refractivity contribution in [1.29, 1.82) is 0 Å². The summed E-state index contributed by atoms with van der Waals surface area (Å²) in [5, 5.41) is 3.14.